The number of hydrogen-bond acceptors (Lipinski definition) is 3. The van der Waals surface area contributed by atoms with Crippen LogP contribution >= 0.6 is 0 Å². The lowest BCUT2D eigenvalue weighted by Gasteiger charge is -2.01. The number of nitrogens with one attached hydrogen (secondary N) is 1. The van der Waals surface area contributed by atoms with Crippen LogP contribution < -0.4 is 5.32 Å². The molecule has 4 nitrogen and oxygen atoms in total. The molecule has 0 spiro atoms. The van der Waals surface area contributed by atoms with E-state index in [0.29, 0.717) is 0 Å². The summed E-state index contributed by atoms with van der Waals surface area (Å²) >= 11 is 0. The van der Waals surface area contributed by atoms with Crippen molar-refractivity contribution in [2.45, 2.75) is 13.2 Å². The van der Waals surface area contributed by atoms with Crippen molar-refractivity contribution in [2.75, 3.05) is 6.54 Å². The highest BCUT2D eigenvalue weighted by molar-refractivity contribution is 5.72. The molecule has 0 fully saturated rings. The number of carbonyl (C=O) groups is 1. The Labute approximate surface area is 47.1 Å². The van der Waals surface area contributed by atoms with Gasteiger partial charge in [-0.25, -0.2) is 0 Å². The summed E-state index contributed by atoms with van der Waals surface area (Å²) in [5.74, 6) is -0.266. The first-order valence-corrected chi connectivity index (χ1v) is 2.23. The predicted octanol–water partition coefficient (Wildman–Crippen LogP) is -1.57. The molecule has 48 valence electrons. The Bertz CT molecular complexity index is 81.4. The van der Waals surface area contributed by atoms with Gasteiger partial charge in [0, 0.05) is 6.92 Å². The lowest BCUT2D eigenvalue weighted by Crippen LogP contribution is -2.29. The minimum absolute atomic E-state index is 0.102. The molecule has 0 aliphatic heterocycles. The third-order valence-electron chi connectivity index (χ3n) is 0.534. The van der Waals surface area contributed by atoms with Crippen LogP contribution in [0.15, 0.2) is 0 Å². The highest BCUT2D eigenvalue weighted by atomic mass is 16.5. The molecular weight excluding hydrogens is 110 g/mol. The fourth-order valence-electron chi connectivity index (χ4n) is 0.235. The zero-order valence-electron chi connectivity index (χ0n) is 4.59. The molecule has 8 heavy (non-hydrogen) atoms. The molecule has 0 saturated heterocycles. The van der Waals surface area contributed by atoms with Crippen molar-refractivity contribution < 1.29 is 15.0 Å². The van der Waals surface area contributed by atoms with E-state index in [0.717, 1.165) is 0 Å². The largest absolute Gasteiger partial charge is 0.367 e. The Morgan fingerprint density at radius 1 is 1.75 bits per heavy atom. The molecule has 0 rings (SSSR count). The average molecular weight is 119 g/mol. The monoisotopic (exact) mass is 119 g/mol. The molecule has 0 saturated carbocycles. The van der Waals surface area contributed by atoms with Crippen molar-refractivity contribution in [2.24, 2.45) is 0 Å². The Kier molecular flexibility index (Phi) is 3.14. The minimum atomic E-state index is -1.45. The van der Waals surface area contributed by atoms with E-state index < -0.39 is 6.29 Å². The summed E-state index contributed by atoms with van der Waals surface area (Å²) in [4.78, 5) is 10.0. The van der Waals surface area contributed by atoms with E-state index in [1.54, 1.807) is 0 Å². The van der Waals surface area contributed by atoms with Gasteiger partial charge in [-0.15, -0.1) is 0 Å². The molecule has 0 radical (unpaired) electrons. The van der Waals surface area contributed by atoms with Crippen molar-refractivity contribution >= 4 is 5.91 Å². The molecule has 0 aromatic carbocycles. The Balaban J connectivity index is 3.05. The standard InChI is InChI=1S/C4H9NO3/c1-3(6)5-2-4(7)8/h4,7-8H,2H2,1H3,(H,5,6). The second kappa shape index (κ2) is 3.40. The van der Waals surface area contributed by atoms with Gasteiger partial charge in [0.05, 0.1) is 6.54 Å². The Morgan fingerprint density at radius 2 is 2.25 bits per heavy atom. The molecule has 0 aliphatic rings. The number of carbonyl (C=O) groups excluding carboxylic acids is 1. The van der Waals surface area contributed by atoms with Crippen LogP contribution in [-0.4, -0.2) is 29.0 Å². The molecule has 0 heterocycles. The summed E-state index contributed by atoms with van der Waals surface area (Å²) in [7, 11) is 0. The first-order valence-electron chi connectivity index (χ1n) is 2.23. The van der Waals surface area contributed by atoms with Gasteiger partial charge in [-0.3, -0.25) is 4.79 Å². The van der Waals surface area contributed by atoms with Gasteiger partial charge in [0.25, 0.3) is 0 Å². The maximum atomic E-state index is 10.0. The lowest BCUT2D eigenvalue weighted by atomic mass is 10.6. The van der Waals surface area contributed by atoms with Crippen LogP contribution in [0.2, 0.25) is 0 Å². The van der Waals surface area contributed by atoms with Crippen LogP contribution in [0.1, 0.15) is 6.92 Å². The van der Waals surface area contributed by atoms with Crippen LogP contribution in [0.25, 0.3) is 0 Å². The zero-order valence-corrected chi connectivity index (χ0v) is 4.59. The Hall–Kier alpha value is -0.610. The second-order valence-corrected chi connectivity index (χ2v) is 1.42. The topological polar surface area (TPSA) is 69.6 Å². The van der Waals surface area contributed by atoms with Gasteiger partial charge in [-0.05, 0) is 0 Å². The van der Waals surface area contributed by atoms with Crippen LogP contribution in [-0.2, 0) is 4.79 Å². The first-order chi connectivity index (χ1) is 3.63. The second-order valence-electron chi connectivity index (χ2n) is 1.42. The van der Waals surface area contributed by atoms with E-state index in [9.17, 15) is 4.79 Å². The van der Waals surface area contributed by atoms with Crippen molar-refractivity contribution in [1.82, 2.24) is 5.32 Å². The van der Waals surface area contributed by atoms with E-state index >= 15 is 0 Å². The maximum absolute atomic E-state index is 10.0. The molecule has 0 aromatic rings. The van der Waals surface area contributed by atoms with E-state index in [1.165, 1.54) is 6.92 Å². The molecule has 3 N–H and O–H groups in total. The normalized spacial score (nSPS) is 9.50. The van der Waals surface area contributed by atoms with Gasteiger partial charge in [0.1, 0.15) is 0 Å². The van der Waals surface area contributed by atoms with Gasteiger partial charge in [-0.2, -0.15) is 0 Å². The van der Waals surface area contributed by atoms with Crippen LogP contribution in [0.4, 0.5) is 0 Å². The molecule has 0 aliphatic carbocycles. The number of aliphatic hydroxyl groups excluding tert-OH is 1. The van der Waals surface area contributed by atoms with Gasteiger partial charge < -0.3 is 15.5 Å². The molecular formula is C4H9NO3. The number of aliphatic hydroxyl groups is 2. The molecule has 0 atom stereocenters. The Morgan fingerprint density at radius 3 is 2.38 bits per heavy atom. The van der Waals surface area contributed by atoms with Crippen molar-refractivity contribution in [1.29, 1.82) is 0 Å². The fourth-order valence-corrected chi connectivity index (χ4v) is 0.235. The molecule has 0 aromatic heterocycles. The first kappa shape index (κ1) is 7.39. The van der Waals surface area contributed by atoms with Crippen molar-refractivity contribution in [3.63, 3.8) is 0 Å². The molecule has 4 heteroatoms. The summed E-state index contributed by atoms with van der Waals surface area (Å²) in [5, 5.41) is 18.5. The van der Waals surface area contributed by atoms with E-state index in [2.05, 4.69) is 5.32 Å². The summed E-state index contributed by atoms with van der Waals surface area (Å²) < 4.78 is 0. The predicted molar refractivity (Wildman–Crippen MR) is 26.9 cm³/mol. The third kappa shape index (κ3) is 5.39. The summed E-state index contributed by atoms with van der Waals surface area (Å²) in [5.41, 5.74) is 0. The van der Waals surface area contributed by atoms with E-state index in [4.69, 9.17) is 10.2 Å². The van der Waals surface area contributed by atoms with Gasteiger partial charge >= 0.3 is 0 Å². The number of rotatable bonds is 2. The lowest BCUT2D eigenvalue weighted by molar-refractivity contribution is -0.121. The van der Waals surface area contributed by atoms with Gasteiger partial charge in [0.15, 0.2) is 6.29 Å². The van der Waals surface area contributed by atoms with E-state index in [1.807, 2.05) is 0 Å². The fraction of sp³-hybridized carbons (Fsp3) is 0.750. The summed E-state index contributed by atoms with van der Waals surface area (Å²) in [6.07, 6.45) is -1.45. The average Bonchev–Trinajstić information content (AvgIpc) is 1.61. The summed E-state index contributed by atoms with van der Waals surface area (Å²) in [6, 6.07) is 0. The van der Waals surface area contributed by atoms with Crippen molar-refractivity contribution in [3.8, 4) is 0 Å². The van der Waals surface area contributed by atoms with Crippen LogP contribution in [0, 0.1) is 0 Å². The highest BCUT2D eigenvalue weighted by Gasteiger charge is 1.95. The molecule has 1 amide bonds. The summed E-state index contributed by atoms with van der Waals surface area (Å²) in [6.45, 7) is 1.21. The smallest absolute Gasteiger partial charge is 0.217 e. The number of amides is 1. The van der Waals surface area contributed by atoms with Crippen LogP contribution in [0.5, 0.6) is 0 Å². The van der Waals surface area contributed by atoms with Gasteiger partial charge in [0.2, 0.25) is 5.91 Å². The maximum Gasteiger partial charge on any atom is 0.217 e. The number of hydrogen-bond donors (Lipinski definition) is 3. The molecule has 0 bridgehead atoms. The zero-order chi connectivity index (χ0) is 6.57. The van der Waals surface area contributed by atoms with Gasteiger partial charge in [-0.1, -0.05) is 0 Å². The van der Waals surface area contributed by atoms with Crippen LogP contribution in [0.3, 0.4) is 0 Å². The molecule has 0 unspecified atom stereocenters. The third-order valence-corrected chi connectivity index (χ3v) is 0.534. The quantitative estimate of drug-likeness (QED) is 0.385. The highest BCUT2D eigenvalue weighted by Crippen LogP contribution is 1.68. The van der Waals surface area contributed by atoms with E-state index in [-0.39, 0.29) is 12.5 Å². The minimum Gasteiger partial charge on any atom is -0.367 e. The van der Waals surface area contributed by atoms with Crippen molar-refractivity contribution in [3.05, 3.63) is 0 Å². The SMILES string of the molecule is CC(=O)NCC(O)O.